The number of nitrogens with zero attached hydrogens (tertiary/aromatic N) is 2. The van der Waals surface area contributed by atoms with Crippen LogP contribution in [0.2, 0.25) is 0 Å². The number of hydrogen-bond donors (Lipinski definition) is 0. The van der Waals surface area contributed by atoms with Crippen LogP contribution < -0.4 is 0 Å². The van der Waals surface area contributed by atoms with Crippen molar-refractivity contribution in [2.45, 2.75) is 31.8 Å². The van der Waals surface area contributed by atoms with Gasteiger partial charge in [0.25, 0.3) is 0 Å². The number of Topliss-reactive ketones (excluding diaryl/α,β-unsaturated/α-hetero) is 1. The van der Waals surface area contributed by atoms with Crippen molar-refractivity contribution in [1.29, 1.82) is 0 Å². The quantitative estimate of drug-likeness (QED) is 0.788. The van der Waals surface area contributed by atoms with Crippen LogP contribution in [0.25, 0.3) is 0 Å². The lowest BCUT2D eigenvalue weighted by Crippen LogP contribution is -2.50. The topological polar surface area (TPSA) is 23.6 Å². The average Bonchev–Trinajstić information content (AvgIpc) is 2.46. The lowest BCUT2D eigenvalue weighted by molar-refractivity contribution is 0.0698. The van der Waals surface area contributed by atoms with Gasteiger partial charge >= 0.3 is 0 Å². The molecular weight excluding hydrogens is 316 g/mol. The highest BCUT2D eigenvalue weighted by atomic mass is 79.9. The second-order valence-electron chi connectivity index (χ2n) is 5.80. The van der Waals surface area contributed by atoms with Gasteiger partial charge in [-0.15, -0.1) is 0 Å². The molecule has 1 saturated heterocycles. The summed E-state index contributed by atoms with van der Waals surface area (Å²) in [5, 5.41) is 0. The Kier molecular flexibility index (Phi) is 5.35. The molecule has 3 nitrogen and oxygen atoms in total. The van der Waals surface area contributed by atoms with E-state index >= 15 is 0 Å². The molecule has 0 spiro atoms. The van der Waals surface area contributed by atoms with Crippen LogP contribution in [0.3, 0.4) is 0 Å². The van der Waals surface area contributed by atoms with E-state index in [0.717, 1.165) is 23.1 Å². The Morgan fingerprint density at radius 1 is 1.35 bits per heavy atom. The van der Waals surface area contributed by atoms with Gasteiger partial charge in [0.1, 0.15) is 0 Å². The number of rotatable bonds is 4. The number of halogens is 1. The number of piperidine rings is 1. The molecule has 0 saturated carbocycles. The molecule has 1 heterocycles. The molecule has 1 aromatic carbocycles. The molecule has 2 rings (SSSR count). The summed E-state index contributed by atoms with van der Waals surface area (Å²) in [7, 11) is 4.24. The first-order valence-corrected chi connectivity index (χ1v) is 7.98. The minimum absolute atomic E-state index is 0.0427. The van der Waals surface area contributed by atoms with Gasteiger partial charge in [0.15, 0.2) is 5.78 Å². The minimum atomic E-state index is -0.0427. The molecule has 1 aromatic rings. The van der Waals surface area contributed by atoms with Crippen molar-refractivity contribution in [1.82, 2.24) is 9.80 Å². The maximum atomic E-state index is 12.6. The third-order valence-electron chi connectivity index (χ3n) is 4.21. The fourth-order valence-electron chi connectivity index (χ4n) is 2.78. The average molecular weight is 339 g/mol. The zero-order chi connectivity index (χ0) is 14.7. The number of likely N-dealkylation sites (tertiary alicyclic amines) is 1. The number of ketones is 1. The Morgan fingerprint density at radius 2 is 2.00 bits per heavy atom. The first-order chi connectivity index (χ1) is 9.49. The van der Waals surface area contributed by atoms with Gasteiger partial charge < -0.3 is 4.90 Å². The van der Waals surface area contributed by atoms with E-state index in [1.807, 2.05) is 31.2 Å². The Morgan fingerprint density at radius 3 is 2.60 bits per heavy atom. The van der Waals surface area contributed by atoms with Crippen molar-refractivity contribution < 1.29 is 4.79 Å². The minimum Gasteiger partial charge on any atom is -0.305 e. The summed E-state index contributed by atoms with van der Waals surface area (Å²) in [5.41, 5.74) is 0.799. The third-order valence-corrected chi connectivity index (χ3v) is 4.74. The van der Waals surface area contributed by atoms with Crippen LogP contribution in [-0.4, -0.2) is 54.9 Å². The molecule has 20 heavy (non-hydrogen) atoms. The smallest absolute Gasteiger partial charge is 0.179 e. The predicted octanol–water partition coefficient (Wildman–Crippen LogP) is 3.05. The van der Waals surface area contributed by atoms with Gasteiger partial charge in [-0.05, 0) is 52.5 Å². The van der Waals surface area contributed by atoms with Crippen LogP contribution in [0.5, 0.6) is 0 Å². The zero-order valence-corrected chi connectivity index (χ0v) is 14.1. The zero-order valence-electron chi connectivity index (χ0n) is 12.5. The number of likely N-dealkylation sites (N-methyl/N-ethyl adjacent to an activating group) is 1. The molecule has 1 aliphatic heterocycles. The molecular formula is C16H23BrN2O. The molecule has 2 unspecified atom stereocenters. The Hall–Kier alpha value is -0.710. The number of carbonyl (C=O) groups is 1. The number of hydrogen-bond acceptors (Lipinski definition) is 3. The van der Waals surface area contributed by atoms with Gasteiger partial charge in [-0.2, -0.15) is 0 Å². The van der Waals surface area contributed by atoms with E-state index in [-0.39, 0.29) is 11.8 Å². The summed E-state index contributed by atoms with van der Waals surface area (Å²) in [6, 6.07) is 8.17. The van der Waals surface area contributed by atoms with Crippen LogP contribution in [0.1, 0.15) is 30.1 Å². The van der Waals surface area contributed by atoms with Crippen molar-refractivity contribution >= 4 is 21.7 Å². The predicted molar refractivity (Wildman–Crippen MR) is 86.2 cm³/mol. The van der Waals surface area contributed by atoms with Crippen LogP contribution >= 0.6 is 15.9 Å². The summed E-state index contributed by atoms with van der Waals surface area (Å²) in [5.74, 6) is 0.219. The van der Waals surface area contributed by atoms with E-state index in [2.05, 4.69) is 39.8 Å². The van der Waals surface area contributed by atoms with Crippen molar-refractivity contribution in [3.8, 4) is 0 Å². The van der Waals surface area contributed by atoms with Crippen molar-refractivity contribution in [3.05, 3.63) is 34.3 Å². The number of benzene rings is 1. The molecule has 2 atom stereocenters. The highest BCUT2D eigenvalue weighted by molar-refractivity contribution is 9.10. The molecule has 0 aromatic heterocycles. The van der Waals surface area contributed by atoms with Gasteiger partial charge in [0.2, 0.25) is 0 Å². The summed E-state index contributed by atoms with van der Waals surface area (Å²) in [6.07, 6.45) is 2.39. The molecule has 0 radical (unpaired) electrons. The van der Waals surface area contributed by atoms with E-state index in [9.17, 15) is 4.79 Å². The molecule has 110 valence electrons. The normalized spacial score (nSPS) is 21.9. The van der Waals surface area contributed by atoms with Crippen molar-refractivity contribution in [2.24, 2.45) is 0 Å². The van der Waals surface area contributed by atoms with E-state index in [4.69, 9.17) is 0 Å². The maximum Gasteiger partial charge on any atom is 0.179 e. The Labute approximate surface area is 130 Å². The van der Waals surface area contributed by atoms with Gasteiger partial charge in [-0.25, -0.2) is 0 Å². The lowest BCUT2D eigenvalue weighted by atomic mass is 9.99. The van der Waals surface area contributed by atoms with E-state index in [1.54, 1.807) is 0 Å². The standard InChI is InChI=1S/C16H23BrN2O/c1-12(16(20)13-6-8-14(17)9-7-13)19-10-4-5-15(11-19)18(2)3/h6-9,12,15H,4-5,10-11H2,1-3H3. The van der Waals surface area contributed by atoms with Crippen molar-refractivity contribution in [3.63, 3.8) is 0 Å². The molecule has 1 fully saturated rings. The summed E-state index contributed by atoms with van der Waals surface area (Å²) < 4.78 is 1.01. The van der Waals surface area contributed by atoms with Gasteiger partial charge in [0, 0.05) is 22.6 Å². The molecule has 0 bridgehead atoms. The highest BCUT2D eigenvalue weighted by Gasteiger charge is 2.28. The Balaban J connectivity index is 2.04. The second kappa shape index (κ2) is 6.83. The van der Waals surface area contributed by atoms with Crippen LogP contribution in [0.4, 0.5) is 0 Å². The van der Waals surface area contributed by atoms with Crippen LogP contribution in [0, 0.1) is 0 Å². The molecule has 0 aliphatic carbocycles. The van der Waals surface area contributed by atoms with E-state index in [0.29, 0.717) is 6.04 Å². The summed E-state index contributed by atoms with van der Waals surface area (Å²) in [4.78, 5) is 17.1. The number of carbonyl (C=O) groups excluding carboxylic acids is 1. The third kappa shape index (κ3) is 3.68. The fourth-order valence-corrected chi connectivity index (χ4v) is 3.04. The largest absolute Gasteiger partial charge is 0.305 e. The first kappa shape index (κ1) is 15.7. The van der Waals surface area contributed by atoms with Gasteiger partial charge in [-0.1, -0.05) is 28.1 Å². The van der Waals surface area contributed by atoms with Crippen LogP contribution in [-0.2, 0) is 0 Å². The SMILES string of the molecule is CC(C(=O)c1ccc(Br)cc1)N1CCCC(N(C)C)C1. The Bertz CT molecular complexity index is 458. The highest BCUT2D eigenvalue weighted by Crippen LogP contribution is 2.19. The molecule has 0 amide bonds. The van der Waals surface area contributed by atoms with E-state index in [1.165, 1.54) is 12.8 Å². The molecule has 0 N–H and O–H groups in total. The van der Waals surface area contributed by atoms with Gasteiger partial charge in [-0.3, -0.25) is 9.69 Å². The summed E-state index contributed by atoms with van der Waals surface area (Å²) >= 11 is 3.40. The van der Waals surface area contributed by atoms with Crippen molar-refractivity contribution in [2.75, 3.05) is 27.2 Å². The summed E-state index contributed by atoms with van der Waals surface area (Å²) in [6.45, 7) is 4.03. The molecule has 1 aliphatic rings. The van der Waals surface area contributed by atoms with E-state index < -0.39 is 0 Å². The lowest BCUT2D eigenvalue weighted by Gasteiger charge is -2.38. The fraction of sp³-hybridized carbons (Fsp3) is 0.562. The monoisotopic (exact) mass is 338 g/mol. The second-order valence-corrected chi connectivity index (χ2v) is 6.72. The molecule has 4 heteroatoms. The van der Waals surface area contributed by atoms with Crippen LogP contribution in [0.15, 0.2) is 28.7 Å². The van der Waals surface area contributed by atoms with Gasteiger partial charge in [0.05, 0.1) is 6.04 Å². The maximum absolute atomic E-state index is 12.6. The first-order valence-electron chi connectivity index (χ1n) is 7.19.